The molecule has 0 aromatic carbocycles. The Hall–Kier alpha value is -1.36. The zero-order valence-corrected chi connectivity index (χ0v) is 16.3. The first kappa shape index (κ1) is 16.8. The van der Waals surface area contributed by atoms with Crippen LogP contribution in [0, 0.1) is 17.3 Å². The summed E-state index contributed by atoms with van der Waals surface area (Å²) in [5, 5.41) is 3.90. The van der Waals surface area contributed by atoms with Crippen molar-refractivity contribution in [1.82, 2.24) is 19.5 Å². The molecule has 3 aliphatic carbocycles. The number of halogens is 1. The number of rotatable bonds is 5. The van der Waals surface area contributed by atoms with Gasteiger partial charge in [0.1, 0.15) is 5.52 Å². The summed E-state index contributed by atoms with van der Waals surface area (Å²) in [6.07, 6.45) is 14.3. The lowest BCUT2D eigenvalue weighted by Gasteiger charge is -2.32. The molecule has 0 amide bonds. The van der Waals surface area contributed by atoms with Crippen molar-refractivity contribution in [3.63, 3.8) is 0 Å². The Morgan fingerprint density at radius 3 is 2.62 bits per heavy atom. The van der Waals surface area contributed by atoms with Gasteiger partial charge in [-0.05, 0) is 87.1 Å². The smallest absolute Gasteiger partial charge is 0.226 e. The van der Waals surface area contributed by atoms with Gasteiger partial charge in [-0.25, -0.2) is 4.98 Å². The second-order valence-corrected chi connectivity index (χ2v) is 9.32. The SMILES string of the molecule is CC(Nc1nc(Cl)nc2ncn(CC3CCC4(CC3)CC4)c12)C1CCC1. The fourth-order valence-corrected chi connectivity index (χ4v) is 5.06. The zero-order valence-electron chi connectivity index (χ0n) is 15.5. The van der Waals surface area contributed by atoms with Crippen LogP contribution in [-0.4, -0.2) is 25.6 Å². The van der Waals surface area contributed by atoms with Crippen molar-refractivity contribution in [3.8, 4) is 0 Å². The molecule has 5 rings (SSSR count). The van der Waals surface area contributed by atoms with Gasteiger partial charge < -0.3 is 9.88 Å². The normalized spacial score (nSPS) is 23.9. The highest BCUT2D eigenvalue weighted by Crippen LogP contribution is 2.57. The van der Waals surface area contributed by atoms with Crippen molar-refractivity contribution in [3.05, 3.63) is 11.6 Å². The topological polar surface area (TPSA) is 55.6 Å². The van der Waals surface area contributed by atoms with Crippen LogP contribution >= 0.6 is 11.6 Å². The van der Waals surface area contributed by atoms with E-state index in [0.717, 1.165) is 35.1 Å². The zero-order chi connectivity index (χ0) is 17.7. The fourth-order valence-electron chi connectivity index (χ4n) is 4.89. The molecular weight excluding hydrogens is 346 g/mol. The minimum absolute atomic E-state index is 0.277. The minimum atomic E-state index is 0.277. The van der Waals surface area contributed by atoms with E-state index in [2.05, 4.69) is 31.8 Å². The van der Waals surface area contributed by atoms with Crippen molar-refractivity contribution in [2.45, 2.75) is 77.3 Å². The van der Waals surface area contributed by atoms with E-state index in [1.807, 2.05) is 6.33 Å². The highest BCUT2D eigenvalue weighted by Gasteiger charge is 2.44. The third-order valence-corrected chi connectivity index (χ3v) is 7.41. The lowest BCUT2D eigenvalue weighted by Crippen LogP contribution is -2.31. The van der Waals surface area contributed by atoms with Crippen LogP contribution in [0.25, 0.3) is 11.2 Å². The number of hydrogen-bond donors (Lipinski definition) is 1. The molecule has 1 atom stereocenters. The number of imidazole rings is 1. The Morgan fingerprint density at radius 2 is 1.96 bits per heavy atom. The second kappa shape index (κ2) is 6.36. The standard InChI is InChI=1S/C20H28ClN5/c1-13(15-3-2-4-15)23-18-16-17(24-19(21)25-18)22-12-26(16)11-14-5-7-20(8-6-14)9-10-20/h12-15H,2-11H2,1H3,(H,23,24,25). The van der Waals surface area contributed by atoms with Gasteiger partial charge >= 0.3 is 0 Å². The highest BCUT2D eigenvalue weighted by atomic mass is 35.5. The summed E-state index contributed by atoms with van der Waals surface area (Å²) in [4.78, 5) is 13.4. The summed E-state index contributed by atoms with van der Waals surface area (Å²) in [5.74, 6) is 2.33. The van der Waals surface area contributed by atoms with Crippen LogP contribution < -0.4 is 5.32 Å². The van der Waals surface area contributed by atoms with Crippen LogP contribution in [0.3, 0.4) is 0 Å². The molecule has 3 saturated carbocycles. The number of hydrogen-bond acceptors (Lipinski definition) is 4. The molecule has 0 bridgehead atoms. The molecule has 6 heteroatoms. The van der Waals surface area contributed by atoms with E-state index in [1.54, 1.807) is 0 Å². The van der Waals surface area contributed by atoms with Crippen LogP contribution in [0.4, 0.5) is 5.82 Å². The molecule has 3 fully saturated rings. The van der Waals surface area contributed by atoms with E-state index in [4.69, 9.17) is 11.6 Å². The Kier molecular flexibility index (Phi) is 4.11. The Balaban J connectivity index is 1.38. The van der Waals surface area contributed by atoms with Gasteiger partial charge in [-0.1, -0.05) is 6.42 Å². The molecule has 2 heterocycles. The Labute approximate surface area is 160 Å². The Morgan fingerprint density at radius 1 is 1.19 bits per heavy atom. The summed E-state index contributed by atoms with van der Waals surface area (Å²) < 4.78 is 2.26. The molecule has 2 aromatic rings. The molecule has 1 N–H and O–H groups in total. The molecule has 0 aliphatic heterocycles. The first-order chi connectivity index (χ1) is 12.6. The number of nitrogens with one attached hydrogen (secondary N) is 1. The van der Waals surface area contributed by atoms with Crippen LogP contribution in [0.5, 0.6) is 0 Å². The van der Waals surface area contributed by atoms with Gasteiger partial charge in [-0.15, -0.1) is 0 Å². The second-order valence-electron chi connectivity index (χ2n) is 8.98. The number of nitrogens with zero attached hydrogens (tertiary/aromatic N) is 4. The van der Waals surface area contributed by atoms with Crippen LogP contribution in [0.15, 0.2) is 6.33 Å². The van der Waals surface area contributed by atoms with Gasteiger partial charge in [0.05, 0.1) is 6.33 Å². The Bertz CT molecular complexity index is 798. The largest absolute Gasteiger partial charge is 0.365 e. The maximum Gasteiger partial charge on any atom is 0.226 e. The van der Waals surface area contributed by atoms with Gasteiger partial charge in [0.15, 0.2) is 11.5 Å². The molecule has 26 heavy (non-hydrogen) atoms. The summed E-state index contributed by atoms with van der Waals surface area (Å²) in [5.41, 5.74) is 2.48. The van der Waals surface area contributed by atoms with Gasteiger partial charge in [0.2, 0.25) is 5.28 Å². The molecule has 3 aliphatic rings. The predicted molar refractivity (Wildman–Crippen MR) is 104 cm³/mol. The van der Waals surface area contributed by atoms with Crippen molar-refractivity contribution in [2.24, 2.45) is 17.3 Å². The van der Waals surface area contributed by atoms with E-state index in [0.29, 0.717) is 11.7 Å². The predicted octanol–water partition coefficient (Wildman–Crippen LogP) is 5.05. The van der Waals surface area contributed by atoms with Crippen molar-refractivity contribution >= 4 is 28.6 Å². The summed E-state index contributed by atoms with van der Waals surface area (Å²) in [6.45, 7) is 3.27. The summed E-state index contributed by atoms with van der Waals surface area (Å²) in [6, 6.07) is 0.408. The fraction of sp³-hybridized carbons (Fsp3) is 0.750. The van der Waals surface area contributed by atoms with Gasteiger partial charge in [0, 0.05) is 12.6 Å². The number of anilines is 1. The molecule has 1 unspecified atom stereocenters. The van der Waals surface area contributed by atoms with E-state index >= 15 is 0 Å². The third kappa shape index (κ3) is 3.08. The quantitative estimate of drug-likeness (QED) is 0.745. The first-order valence-corrected chi connectivity index (χ1v) is 10.6. The number of fused-ring (bicyclic) bond motifs is 1. The molecule has 0 saturated heterocycles. The van der Waals surface area contributed by atoms with Crippen molar-refractivity contribution in [1.29, 1.82) is 0 Å². The van der Waals surface area contributed by atoms with Crippen molar-refractivity contribution in [2.75, 3.05) is 5.32 Å². The molecule has 2 aromatic heterocycles. The van der Waals surface area contributed by atoms with E-state index in [1.165, 1.54) is 57.8 Å². The van der Waals surface area contributed by atoms with Gasteiger partial charge in [-0.2, -0.15) is 9.97 Å². The molecule has 1 spiro atoms. The maximum atomic E-state index is 6.16. The minimum Gasteiger partial charge on any atom is -0.365 e. The highest BCUT2D eigenvalue weighted by molar-refractivity contribution is 6.28. The maximum absolute atomic E-state index is 6.16. The average Bonchev–Trinajstić information content (AvgIpc) is 3.19. The molecule has 140 valence electrons. The number of aromatic nitrogens is 4. The van der Waals surface area contributed by atoms with Crippen LogP contribution in [0.2, 0.25) is 5.28 Å². The molecular formula is C20H28ClN5. The molecule has 0 radical (unpaired) electrons. The van der Waals surface area contributed by atoms with E-state index in [-0.39, 0.29) is 5.28 Å². The third-order valence-electron chi connectivity index (χ3n) is 7.24. The molecule has 5 nitrogen and oxygen atoms in total. The lowest BCUT2D eigenvalue weighted by atomic mass is 9.80. The monoisotopic (exact) mass is 373 g/mol. The first-order valence-electron chi connectivity index (χ1n) is 10.3. The summed E-state index contributed by atoms with van der Waals surface area (Å²) in [7, 11) is 0. The van der Waals surface area contributed by atoms with E-state index in [9.17, 15) is 0 Å². The van der Waals surface area contributed by atoms with Gasteiger partial charge in [-0.3, -0.25) is 0 Å². The van der Waals surface area contributed by atoms with E-state index < -0.39 is 0 Å². The van der Waals surface area contributed by atoms with Crippen LogP contribution in [-0.2, 0) is 6.54 Å². The van der Waals surface area contributed by atoms with Crippen molar-refractivity contribution < 1.29 is 0 Å². The van der Waals surface area contributed by atoms with Crippen LogP contribution in [0.1, 0.15) is 64.7 Å². The van der Waals surface area contributed by atoms with Gasteiger partial charge in [0.25, 0.3) is 0 Å². The summed E-state index contributed by atoms with van der Waals surface area (Å²) >= 11 is 6.16. The lowest BCUT2D eigenvalue weighted by molar-refractivity contribution is 0.238. The average molecular weight is 374 g/mol.